The van der Waals surface area contributed by atoms with Crippen LogP contribution in [0.15, 0.2) is 30.6 Å². The Kier molecular flexibility index (Phi) is 3.12. The lowest BCUT2D eigenvalue weighted by Crippen LogP contribution is -2.40. The predicted molar refractivity (Wildman–Crippen MR) is 80.4 cm³/mol. The maximum atomic E-state index is 12.5. The lowest BCUT2D eigenvalue weighted by atomic mass is 10.2. The lowest BCUT2D eigenvalue weighted by molar-refractivity contribution is 0.0303. The summed E-state index contributed by atoms with van der Waals surface area (Å²) >= 11 is 0. The summed E-state index contributed by atoms with van der Waals surface area (Å²) in [5.74, 6) is 0.0211. The zero-order valence-electron chi connectivity index (χ0n) is 11.9. The highest BCUT2D eigenvalue weighted by Crippen LogP contribution is 2.25. The minimum absolute atomic E-state index is 0.0211. The Morgan fingerprint density at radius 2 is 2.18 bits per heavy atom. The van der Waals surface area contributed by atoms with Crippen LogP contribution >= 0.6 is 0 Å². The van der Waals surface area contributed by atoms with Gasteiger partial charge in [-0.1, -0.05) is 0 Å². The number of morpholine rings is 1. The van der Waals surface area contributed by atoms with E-state index in [1.54, 1.807) is 12.4 Å². The molecule has 0 bridgehead atoms. The monoisotopic (exact) mass is 297 g/mol. The minimum atomic E-state index is 0.0211. The van der Waals surface area contributed by atoms with Crippen molar-refractivity contribution < 1.29 is 9.53 Å². The van der Waals surface area contributed by atoms with Crippen molar-refractivity contribution in [3.8, 4) is 11.4 Å². The van der Waals surface area contributed by atoms with Gasteiger partial charge in [-0.3, -0.25) is 9.89 Å². The zero-order chi connectivity index (χ0) is 14.9. The van der Waals surface area contributed by atoms with E-state index in [1.165, 1.54) is 0 Å². The summed E-state index contributed by atoms with van der Waals surface area (Å²) in [6, 6.07) is 5.66. The Bertz CT molecular complexity index is 816. The van der Waals surface area contributed by atoms with Gasteiger partial charge >= 0.3 is 0 Å². The molecule has 22 heavy (non-hydrogen) atoms. The third-order valence-electron chi connectivity index (χ3n) is 3.83. The van der Waals surface area contributed by atoms with E-state index in [0.717, 1.165) is 16.8 Å². The van der Waals surface area contributed by atoms with Crippen LogP contribution in [0.2, 0.25) is 0 Å². The first-order valence-corrected chi connectivity index (χ1v) is 7.18. The average molecular weight is 297 g/mol. The van der Waals surface area contributed by atoms with E-state index in [1.807, 2.05) is 23.1 Å². The molecular weight excluding hydrogens is 282 g/mol. The second kappa shape index (κ2) is 5.27. The minimum Gasteiger partial charge on any atom is -0.378 e. The molecule has 0 aromatic carbocycles. The maximum Gasteiger partial charge on any atom is 0.255 e. The van der Waals surface area contributed by atoms with Crippen molar-refractivity contribution in [3.63, 3.8) is 0 Å². The molecule has 7 nitrogen and oxygen atoms in total. The summed E-state index contributed by atoms with van der Waals surface area (Å²) in [6.07, 6.45) is 3.44. The first-order chi connectivity index (χ1) is 10.8. The van der Waals surface area contributed by atoms with Gasteiger partial charge in [-0.2, -0.15) is 5.10 Å². The molecule has 1 aliphatic rings. The smallest absolute Gasteiger partial charge is 0.255 e. The highest BCUT2D eigenvalue weighted by atomic mass is 16.5. The Morgan fingerprint density at radius 3 is 3.05 bits per heavy atom. The van der Waals surface area contributed by atoms with Crippen LogP contribution in [0.4, 0.5) is 0 Å². The molecule has 0 atom stereocenters. The van der Waals surface area contributed by atoms with Crippen LogP contribution < -0.4 is 0 Å². The average Bonchev–Trinajstić information content (AvgIpc) is 3.21. The fraction of sp³-hybridized carbons (Fsp3) is 0.267. The molecule has 3 aromatic rings. The molecular formula is C15H15N5O2. The number of pyridine rings is 1. The Labute approximate surface area is 126 Å². The molecule has 0 radical (unpaired) electrons. The highest BCUT2D eigenvalue weighted by Gasteiger charge is 2.20. The molecule has 4 rings (SSSR count). The summed E-state index contributed by atoms with van der Waals surface area (Å²) in [4.78, 5) is 21.6. The van der Waals surface area contributed by atoms with Crippen molar-refractivity contribution in [3.05, 3.63) is 36.2 Å². The molecule has 0 saturated carbocycles. The van der Waals surface area contributed by atoms with Crippen LogP contribution in [0.5, 0.6) is 0 Å². The second-order valence-corrected chi connectivity index (χ2v) is 5.18. The van der Waals surface area contributed by atoms with Gasteiger partial charge in [0.2, 0.25) is 0 Å². The number of ether oxygens (including phenoxy) is 1. The Balaban J connectivity index is 1.65. The number of carbonyl (C=O) groups is 1. The standard InChI is InChI=1S/C15H15N5O2/c21-15(20-4-6-22-7-5-20)10-8-12(17-9-10)13-11-2-1-3-16-14(11)19-18-13/h1-3,8-9,17H,4-7H2,(H,16,18,19). The van der Waals surface area contributed by atoms with Crippen LogP contribution in [0.3, 0.4) is 0 Å². The molecule has 1 aliphatic heterocycles. The summed E-state index contributed by atoms with van der Waals surface area (Å²) in [5.41, 5.74) is 2.97. The first-order valence-electron chi connectivity index (χ1n) is 7.18. The van der Waals surface area contributed by atoms with Crippen molar-refractivity contribution in [1.29, 1.82) is 0 Å². The SMILES string of the molecule is O=C(c1c[nH]c(-c2[nH]nc3ncccc23)c1)N1CCOCC1. The van der Waals surface area contributed by atoms with Crippen LogP contribution in [-0.4, -0.2) is 57.3 Å². The van der Waals surface area contributed by atoms with Gasteiger partial charge in [-0.25, -0.2) is 4.98 Å². The number of aromatic amines is 2. The summed E-state index contributed by atoms with van der Waals surface area (Å²) < 4.78 is 5.28. The topological polar surface area (TPSA) is 86.9 Å². The maximum absolute atomic E-state index is 12.5. The number of hydrogen-bond donors (Lipinski definition) is 2. The lowest BCUT2D eigenvalue weighted by Gasteiger charge is -2.26. The predicted octanol–water partition coefficient (Wildman–Crippen LogP) is 1.43. The highest BCUT2D eigenvalue weighted by molar-refractivity contribution is 5.97. The van der Waals surface area contributed by atoms with Gasteiger partial charge in [0.05, 0.1) is 30.2 Å². The number of nitrogens with zero attached hydrogens (tertiary/aromatic N) is 3. The van der Waals surface area contributed by atoms with Gasteiger partial charge in [0.1, 0.15) is 0 Å². The van der Waals surface area contributed by atoms with E-state index in [-0.39, 0.29) is 5.91 Å². The van der Waals surface area contributed by atoms with Gasteiger partial charge in [0, 0.05) is 30.9 Å². The molecule has 0 unspecified atom stereocenters. The van der Waals surface area contributed by atoms with E-state index in [2.05, 4.69) is 20.2 Å². The van der Waals surface area contributed by atoms with Crippen LogP contribution in [-0.2, 0) is 4.74 Å². The number of carbonyl (C=O) groups excluding carboxylic acids is 1. The third-order valence-corrected chi connectivity index (χ3v) is 3.83. The van der Waals surface area contributed by atoms with E-state index < -0.39 is 0 Å². The third kappa shape index (κ3) is 2.15. The largest absolute Gasteiger partial charge is 0.378 e. The number of nitrogens with one attached hydrogen (secondary N) is 2. The molecule has 1 amide bonds. The Morgan fingerprint density at radius 1 is 1.32 bits per heavy atom. The van der Waals surface area contributed by atoms with Gasteiger partial charge in [-0.05, 0) is 18.2 Å². The number of rotatable bonds is 2. The number of aromatic nitrogens is 4. The van der Waals surface area contributed by atoms with E-state index in [9.17, 15) is 4.79 Å². The molecule has 2 N–H and O–H groups in total. The van der Waals surface area contributed by atoms with Crippen molar-refractivity contribution in [2.45, 2.75) is 0 Å². The van der Waals surface area contributed by atoms with E-state index in [0.29, 0.717) is 37.5 Å². The van der Waals surface area contributed by atoms with Gasteiger partial charge < -0.3 is 14.6 Å². The number of amides is 1. The molecule has 1 fully saturated rings. The summed E-state index contributed by atoms with van der Waals surface area (Å²) in [5, 5.41) is 8.07. The molecule has 0 spiro atoms. The van der Waals surface area contributed by atoms with Gasteiger partial charge in [0.15, 0.2) is 5.65 Å². The van der Waals surface area contributed by atoms with Crippen molar-refractivity contribution in [2.24, 2.45) is 0 Å². The molecule has 1 saturated heterocycles. The first kappa shape index (κ1) is 13.0. The molecule has 4 heterocycles. The fourth-order valence-electron chi connectivity index (χ4n) is 2.67. The quantitative estimate of drug-likeness (QED) is 0.749. The van der Waals surface area contributed by atoms with Crippen molar-refractivity contribution >= 4 is 16.9 Å². The zero-order valence-corrected chi connectivity index (χ0v) is 11.9. The van der Waals surface area contributed by atoms with E-state index >= 15 is 0 Å². The van der Waals surface area contributed by atoms with E-state index in [4.69, 9.17) is 4.74 Å². The van der Waals surface area contributed by atoms with Crippen LogP contribution in [0.25, 0.3) is 22.4 Å². The van der Waals surface area contributed by atoms with Crippen LogP contribution in [0, 0.1) is 0 Å². The number of fused-ring (bicyclic) bond motifs is 1. The van der Waals surface area contributed by atoms with Crippen molar-refractivity contribution in [1.82, 2.24) is 25.1 Å². The summed E-state index contributed by atoms with van der Waals surface area (Å²) in [7, 11) is 0. The van der Waals surface area contributed by atoms with Gasteiger partial charge in [-0.15, -0.1) is 0 Å². The normalized spacial score (nSPS) is 15.4. The number of hydrogen-bond acceptors (Lipinski definition) is 4. The Hall–Kier alpha value is -2.67. The summed E-state index contributed by atoms with van der Waals surface area (Å²) in [6.45, 7) is 2.46. The van der Waals surface area contributed by atoms with Gasteiger partial charge in [0.25, 0.3) is 5.91 Å². The molecule has 0 aliphatic carbocycles. The molecule has 7 heteroatoms. The molecule has 112 valence electrons. The van der Waals surface area contributed by atoms with Crippen molar-refractivity contribution in [2.75, 3.05) is 26.3 Å². The molecule has 3 aromatic heterocycles. The number of H-pyrrole nitrogens is 2. The van der Waals surface area contributed by atoms with Crippen LogP contribution in [0.1, 0.15) is 10.4 Å². The second-order valence-electron chi connectivity index (χ2n) is 5.18. The fourth-order valence-corrected chi connectivity index (χ4v) is 2.67.